The Morgan fingerprint density at radius 1 is 1.43 bits per heavy atom. The molecule has 3 N–H and O–H groups in total. The third-order valence-corrected chi connectivity index (χ3v) is 4.24. The summed E-state index contributed by atoms with van der Waals surface area (Å²) in [5, 5.41) is 7.58. The van der Waals surface area contributed by atoms with Crippen LogP contribution in [0, 0.1) is 5.41 Å². The number of hydrogen-bond donors (Lipinski definition) is 2. The van der Waals surface area contributed by atoms with E-state index in [1.807, 2.05) is 18.2 Å². The number of amidine groups is 1. The molecule has 0 bridgehead atoms. The van der Waals surface area contributed by atoms with Crippen molar-refractivity contribution in [1.82, 2.24) is 9.80 Å². The van der Waals surface area contributed by atoms with Gasteiger partial charge in [0.1, 0.15) is 11.6 Å². The molecule has 0 saturated carbocycles. The molecule has 0 radical (unpaired) electrons. The number of nitrogens with one attached hydrogen (secondary N) is 1. The molecule has 1 saturated heterocycles. The Kier molecular flexibility index (Phi) is 5.20. The number of methoxy groups -OCH3 is 1. The minimum absolute atomic E-state index is 0.100. The summed E-state index contributed by atoms with van der Waals surface area (Å²) in [6, 6.07) is 6.28. The van der Waals surface area contributed by atoms with E-state index in [9.17, 15) is 0 Å². The Morgan fingerprint density at radius 3 is 2.76 bits per heavy atom. The lowest BCUT2D eigenvalue weighted by atomic mass is 10.1. The van der Waals surface area contributed by atoms with Gasteiger partial charge in [0.2, 0.25) is 0 Å². The third kappa shape index (κ3) is 3.74. The van der Waals surface area contributed by atoms with Gasteiger partial charge in [-0.15, -0.1) is 0 Å². The maximum atomic E-state index is 7.58. The van der Waals surface area contributed by atoms with E-state index in [2.05, 4.69) is 23.6 Å². The molecule has 0 amide bonds. The second-order valence-corrected chi connectivity index (χ2v) is 5.65. The number of ether oxygens (including phenoxy) is 1. The van der Waals surface area contributed by atoms with E-state index >= 15 is 0 Å². The topological polar surface area (TPSA) is 65.6 Å². The van der Waals surface area contributed by atoms with Gasteiger partial charge in [-0.05, 0) is 31.7 Å². The van der Waals surface area contributed by atoms with Gasteiger partial charge in [-0.1, -0.05) is 6.92 Å². The number of nitrogen functional groups attached to an aromatic ring is 1. The number of nitrogens with zero attached hydrogens (tertiary/aromatic N) is 2. The molecule has 0 spiro atoms. The maximum Gasteiger partial charge on any atom is 0.123 e. The second kappa shape index (κ2) is 6.91. The molecule has 1 heterocycles. The SMILES string of the molecule is CCN1CCN(Cc2cc(C(=N)N)ccc2OC)CC1C. The molecule has 0 aliphatic carbocycles. The highest BCUT2D eigenvalue weighted by Gasteiger charge is 2.23. The predicted molar refractivity (Wildman–Crippen MR) is 86.0 cm³/mol. The minimum Gasteiger partial charge on any atom is -0.496 e. The fraction of sp³-hybridized carbons (Fsp3) is 0.562. The smallest absolute Gasteiger partial charge is 0.123 e. The molecular formula is C16H26N4O. The largest absolute Gasteiger partial charge is 0.496 e. The molecule has 116 valence electrons. The summed E-state index contributed by atoms with van der Waals surface area (Å²) >= 11 is 0. The highest BCUT2D eigenvalue weighted by atomic mass is 16.5. The lowest BCUT2D eigenvalue weighted by Crippen LogP contribution is -2.51. The second-order valence-electron chi connectivity index (χ2n) is 5.65. The first-order valence-electron chi connectivity index (χ1n) is 7.52. The molecular weight excluding hydrogens is 264 g/mol. The van der Waals surface area contributed by atoms with Gasteiger partial charge in [0.05, 0.1) is 7.11 Å². The van der Waals surface area contributed by atoms with Crippen LogP contribution in [-0.2, 0) is 6.54 Å². The molecule has 1 aromatic carbocycles. The average Bonchev–Trinajstić information content (AvgIpc) is 2.47. The third-order valence-electron chi connectivity index (χ3n) is 4.24. The van der Waals surface area contributed by atoms with Crippen LogP contribution in [0.1, 0.15) is 25.0 Å². The Labute approximate surface area is 127 Å². The van der Waals surface area contributed by atoms with E-state index in [4.69, 9.17) is 15.9 Å². The molecule has 1 unspecified atom stereocenters. The summed E-state index contributed by atoms with van der Waals surface area (Å²) < 4.78 is 5.44. The number of benzene rings is 1. The van der Waals surface area contributed by atoms with Gasteiger partial charge in [-0.2, -0.15) is 0 Å². The summed E-state index contributed by atoms with van der Waals surface area (Å²) in [5.41, 5.74) is 7.44. The van der Waals surface area contributed by atoms with Gasteiger partial charge in [0.15, 0.2) is 0 Å². The number of rotatable bonds is 5. The normalized spacial score (nSPS) is 20.4. The highest BCUT2D eigenvalue weighted by Crippen LogP contribution is 2.23. The van der Waals surface area contributed by atoms with Crippen molar-refractivity contribution < 1.29 is 4.74 Å². The van der Waals surface area contributed by atoms with Crippen LogP contribution < -0.4 is 10.5 Å². The molecule has 2 rings (SSSR count). The van der Waals surface area contributed by atoms with Crippen molar-refractivity contribution in [1.29, 1.82) is 5.41 Å². The van der Waals surface area contributed by atoms with Gasteiger partial charge in [0, 0.05) is 43.3 Å². The molecule has 5 nitrogen and oxygen atoms in total. The van der Waals surface area contributed by atoms with Crippen LogP contribution in [0.3, 0.4) is 0 Å². The number of nitrogens with two attached hydrogens (primary N) is 1. The van der Waals surface area contributed by atoms with Crippen LogP contribution >= 0.6 is 0 Å². The van der Waals surface area contributed by atoms with Crippen molar-refractivity contribution in [2.45, 2.75) is 26.4 Å². The van der Waals surface area contributed by atoms with Crippen LogP contribution in [0.2, 0.25) is 0 Å². The Bertz CT molecular complexity index is 503. The van der Waals surface area contributed by atoms with Crippen molar-refractivity contribution in [2.75, 3.05) is 33.3 Å². The molecule has 1 aromatic rings. The molecule has 1 atom stereocenters. The first-order valence-corrected chi connectivity index (χ1v) is 7.52. The lowest BCUT2D eigenvalue weighted by molar-refractivity contribution is 0.0829. The zero-order chi connectivity index (χ0) is 15.4. The van der Waals surface area contributed by atoms with Crippen molar-refractivity contribution in [2.24, 2.45) is 5.73 Å². The molecule has 5 heteroatoms. The van der Waals surface area contributed by atoms with Crippen LogP contribution in [0.15, 0.2) is 18.2 Å². The first kappa shape index (κ1) is 15.8. The zero-order valence-electron chi connectivity index (χ0n) is 13.2. The number of likely N-dealkylation sites (N-methyl/N-ethyl adjacent to an activating group) is 1. The summed E-state index contributed by atoms with van der Waals surface area (Å²) in [5.74, 6) is 0.966. The van der Waals surface area contributed by atoms with Crippen LogP contribution in [0.25, 0.3) is 0 Å². The van der Waals surface area contributed by atoms with Gasteiger partial charge in [0.25, 0.3) is 0 Å². The van der Waals surface area contributed by atoms with E-state index in [-0.39, 0.29) is 5.84 Å². The van der Waals surface area contributed by atoms with Crippen molar-refractivity contribution >= 4 is 5.84 Å². The first-order chi connectivity index (χ1) is 10.0. The van der Waals surface area contributed by atoms with Gasteiger partial charge < -0.3 is 10.5 Å². The van der Waals surface area contributed by atoms with Crippen molar-refractivity contribution in [3.05, 3.63) is 29.3 Å². The van der Waals surface area contributed by atoms with E-state index in [1.165, 1.54) is 0 Å². The van der Waals surface area contributed by atoms with Gasteiger partial charge in [-0.25, -0.2) is 0 Å². The molecule has 1 aliphatic rings. The van der Waals surface area contributed by atoms with Gasteiger partial charge in [-0.3, -0.25) is 15.2 Å². The van der Waals surface area contributed by atoms with Crippen LogP contribution in [0.4, 0.5) is 0 Å². The summed E-state index contributed by atoms with van der Waals surface area (Å²) in [4.78, 5) is 4.94. The maximum absolute atomic E-state index is 7.58. The predicted octanol–water partition coefficient (Wildman–Crippen LogP) is 1.51. The highest BCUT2D eigenvalue weighted by molar-refractivity contribution is 5.95. The minimum atomic E-state index is 0.100. The molecule has 1 fully saturated rings. The summed E-state index contributed by atoms with van der Waals surface area (Å²) in [6.45, 7) is 9.66. The van der Waals surface area contributed by atoms with E-state index in [0.717, 1.165) is 49.6 Å². The van der Waals surface area contributed by atoms with Crippen LogP contribution in [-0.4, -0.2) is 55.0 Å². The fourth-order valence-corrected chi connectivity index (χ4v) is 2.99. The summed E-state index contributed by atoms with van der Waals surface area (Å²) in [7, 11) is 1.68. The van der Waals surface area contributed by atoms with Crippen molar-refractivity contribution in [3.8, 4) is 5.75 Å². The molecule has 21 heavy (non-hydrogen) atoms. The van der Waals surface area contributed by atoms with E-state index < -0.39 is 0 Å². The van der Waals surface area contributed by atoms with Crippen LogP contribution in [0.5, 0.6) is 5.75 Å². The quantitative estimate of drug-likeness (QED) is 0.637. The standard InChI is InChI=1S/C16H26N4O/c1-4-20-8-7-19(10-12(20)2)11-14-9-13(16(17)18)5-6-15(14)21-3/h5-6,9,12H,4,7-8,10-11H2,1-3H3,(H3,17,18). The number of piperazine rings is 1. The van der Waals surface area contributed by atoms with E-state index in [0.29, 0.717) is 6.04 Å². The van der Waals surface area contributed by atoms with E-state index in [1.54, 1.807) is 7.11 Å². The van der Waals surface area contributed by atoms with Crippen molar-refractivity contribution in [3.63, 3.8) is 0 Å². The Balaban J connectivity index is 2.11. The summed E-state index contributed by atoms with van der Waals surface area (Å²) in [6.07, 6.45) is 0. The molecule has 1 aliphatic heterocycles. The fourth-order valence-electron chi connectivity index (χ4n) is 2.99. The number of hydrogen-bond acceptors (Lipinski definition) is 4. The average molecular weight is 290 g/mol. The lowest BCUT2D eigenvalue weighted by Gasteiger charge is -2.39. The Morgan fingerprint density at radius 2 is 2.19 bits per heavy atom. The monoisotopic (exact) mass is 290 g/mol. The Hall–Kier alpha value is -1.59. The van der Waals surface area contributed by atoms with Gasteiger partial charge >= 0.3 is 0 Å². The zero-order valence-corrected chi connectivity index (χ0v) is 13.2. The molecule has 0 aromatic heterocycles.